The highest BCUT2D eigenvalue weighted by molar-refractivity contribution is 6.11. The highest BCUT2D eigenvalue weighted by Gasteiger charge is 2.22. The summed E-state index contributed by atoms with van der Waals surface area (Å²) in [7, 11) is 0. The smallest absolute Gasteiger partial charge is 0.222 e. The zero-order valence-corrected chi connectivity index (χ0v) is 28.5. The van der Waals surface area contributed by atoms with E-state index in [2.05, 4.69) is 167 Å². The van der Waals surface area contributed by atoms with E-state index in [1.807, 2.05) is 6.20 Å². The number of rotatable bonds is 3. The molecule has 0 atom stereocenters. The molecule has 0 bridgehead atoms. The molecule has 53 heavy (non-hydrogen) atoms. The number of para-hydroxylation sites is 4. The predicted molar refractivity (Wildman–Crippen MR) is 215 cm³/mol. The van der Waals surface area contributed by atoms with Gasteiger partial charge in [0.2, 0.25) is 5.88 Å². The second-order valence-corrected chi connectivity index (χ2v) is 14.0. The Bertz CT molecular complexity index is 3200. The molecule has 248 valence electrons. The lowest BCUT2D eigenvalue weighted by Gasteiger charge is -2.21. The summed E-state index contributed by atoms with van der Waals surface area (Å²) in [5, 5.41) is 7.16. The van der Waals surface area contributed by atoms with E-state index in [1.54, 1.807) is 0 Å². The Morgan fingerprint density at radius 3 is 1.58 bits per heavy atom. The Hall–Kier alpha value is -7.11. The molecule has 0 radical (unpaired) electrons. The molecule has 0 unspecified atom stereocenters. The van der Waals surface area contributed by atoms with Crippen molar-refractivity contribution in [1.29, 1.82) is 0 Å². The van der Waals surface area contributed by atoms with E-state index in [9.17, 15) is 0 Å². The molecule has 0 spiro atoms. The molecule has 12 rings (SSSR count). The van der Waals surface area contributed by atoms with Crippen LogP contribution in [0.25, 0.3) is 88.1 Å². The lowest BCUT2D eigenvalue weighted by Crippen LogP contribution is -2.06. The van der Waals surface area contributed by atoms with Crippen molar-refractivity contribution >= 4 is 65.6 Å². The highest BCUT2D eigenvalue weighted by Crippen LogP contribution is 2.41. The maximum absolute atomic E-state index is 6.40. The molecule has 5 nitrogen and oxygen atoms in total. The third kappa shape index (κ3) is 4.16. The van der Waals surface area contributed by atoms with E-state index in [1.165, 1.54) is 43.6 Å². The number of nitrogens with zero attached hydrogens (tertiary/aromatic N) is 3. The fourth-order valence-electron chi connectivity index (χ4n) is 8.61. The number of pyridine rings is 1. The van der Waals surface area contributed by atoms with Crippen molar-refractivity contribution in [3.8, 4) is 34.1 Å². The van der Waals surface area contributed by atoms with Gasteiger partial charge in [-0.25, -0.2) is 4.98 Å². The summed E-state index contributed by atoms with van der Waals surface area (Å²) in [5.74, 6) is 1.52. The summed E-state index contributed by atoms with van der Waals surface area (Å²) in [6.07, 6.45) is 2.65. The van der Waals surface area contributed by atoms with Crippen molar-refractivity contribution in [2.24, 2.45) is 0 Å². The average molecular weight is 680 g/mol. The Morgan fingerprint density at radius 2 is 0.962 bits per heavy atom. The second-order valence-electron chi connectivity index (χ2n) is 14.0. The Morgan fingerprint density at radius 1 is 0.434 bits per heavy atom. The van der Waals surface area contributed by atoms with Crippen LogP contribution in [-0.2, 0) is 6.42 Å². The van der Waals surface area contributed by atoms with E-state index in [0.29, 0.717) is 5.88 Å². The van der Waals surface area contributed by atoms with Crippen molar-refractivity contribution in [1.82, 2.24) is 14.1 Å². The van der Waals surface area contributed by atoms with Crippen LogP contribution < -0.4 is 4.74 Å². The summed E-state index contributed by atoms with van der Waals surface area (Å²) in [6.45, 7) is 0. The number of ether oxygens (including phenoxy) is 1. The van der Waals surface area contributed by atoms with E-state index in [-0.39, 0.29) is 0 Å². The molecule has 1 aliphatic heterocycles. The fraction of sp³-hybridized carbons (Fsp3) is 0.0208. The predicted octanol–water partition coefficient (Wildman–Crippen LogP) is 12.5. The third-order valence-electron chi connectivity index (χ3n) is 11.0. The molecule has 11 aromatic rings. The minimum absolute atomic E-state index is 0.663. The standard InChI is InChI=1S/C48H29N3O2/c1-5-13-41-35(9-1)36-10-2-6-14-42(36)50(41)33-18-21-45-30(25-33)23-31-24-32(28-49-48(31)53-45)29-17-20-46-39(26-29)40-27-34(19-22-47(40)52-46)51-43-15-7-3-11-37(43)38-12-4-8-16-44(38)51/h1-22,24-28H,23H2. The molecule has 1 aliphatic rings. The minimum Gasteiger partial charge on any atom is -0.456 e. The molecular weight excluding hydrogens is 651 g/mol. The summed E-state index contributed by atoms with van der Waals surface area (Å²) in [6, 6.07) is 56.1. The normalized spacial score (nSPS) is 12.6. The molecule has 0 saturated carbocycles. The average Bonchev–Trinajstić information content (AvgIpc) is 3.87. The van der Waals surface area contributed by atoms with Crippen LogP contribution in [0.2, 0.25) is 0 Å². The van der Waals surface area contributed by atoms with Gasteiger partial charge in [0, 0.05) is 73.0 Å². The van der Waals surface area contributed by atoms with Gasteiger partial charge >= 0.3 is 0 Å². The van der Waals surface area contributed by atoms with E-state index in [0.717, 1.165) is 67.7 Å². The van der Waals surface area contributed by atoms with Crippen LogP contribution in [0.3, 0.4) is 0 Å². The van der Waals surface area contributed by atoms with Crippen molar-refractivity contribution in [3.05, 3.63) is 175 Å². The lowest BCUT2D eigenvalue weighted by molar-refractivity contribution is 0.441. The summed E-state index contributed by atoms with van der Waals surface area (Å²) >= 11 is 0. The van der Waals surface area contributed by atoms with E-state index < -0.39 is 0 Å². The van der Waals surface area contributed by atoms with Crippen molar-refractivity contribution in [2.45, 2.75) is 6.42 Å². The van der Waals surface area contributed by atoms with Gasteiger partial charge in [0.1, 0.15) is 16.9 Å². The maximum Gasteiger partial charge on any atom is 0.222 e. The topological polar surface area (TPSA) is 45.1 Å². The van der Waals surface area contributed by atoms with Crippen LogP contribution in [0.1, 0.15) is 11.1 Å². The minimum atomic E-state index is 0.663. The number of hydrogen-bond acceptors (Lipinski definition) is 3. The number of aromatic nitrogens is 3. The first kappa shape index (κ1) is 28.6. The number of fused-ring (bicyclic) bond motifs is 11. The number of benzene rings is 7. The molecule has 0 saturated heterocycles. The van der Waals surface area contributed by atoms with Crippen LogP contribution in [0, 0.1) is 0 Å². The maximum atomic E-state index is 6.40. The van der Waals surface area contributed by atoms with Crippen LogP contribution in [0.4, 0.5) is 0 Å². The van der Waals surface area contributed by atoms with Gasteiger partial charge in [-0.2, -0.15) is 0 Å². The van der Waals surface area contributed by atoms with E-state index in [4.69, 9.17) is 14.1 Å². The lowest BCUT2D eigenvalue weighted by atomic mass is 9.98. The first-order valence-electron chi connectivity index (χ1n) is 18.0. The van der Waals surface area contributed by atoms with Crippen molar-refractivity contribution < 1.29 is 9.15 Å². The monoisotopic (exact) mass is 679 g/mol. The SMILES string of the molecule is c1ccc2c(c1)c1ccccc1n2-c1ccc2c(c1)Cc1cc(-c3ccc4oc5ccc(-n6c7ccccc7c7ccccc76)cc5c4c3)cnc1O2. The van der Waals surface area contributed by atoms with Gasteiger partial charge in [0.05, 0.1) is 22.1 Å². The Labute approximate surface area is 303 Å². The first-order valence-corrected chi connectivity index (χ1v) is 18.0. The van der Waals surface area contributed by atoms with Gasteiger partial charge in [0.25, 0.3) is 0 Å². The van der Waals surface area contributed by atoms with Crippen molar-refractivity contribution in [3.63, 3.8) is 0 Å². The molecule has 5 heterocycles. The number of furan rings is 1. The largest absolute Gasteiger partial charge is 0.456 e. The molecule has 0 aliphatic carbocycles. The molecule has 4 aromatic heterocycles. The molecule has 7 aromatic carbocycles. The van der Waals surface area contributed by atoms with Gasteiger partial charge in [-0.15, -0.1) is 0 Å². The van der Waals surface area contributed by atoms with Crippen LogP contribution >= 0.6 is 0 Å². The summed E-state index contributed by atoms with van der Waals surface area (Å²) in [4.78, 5) is 4.83. The zero-order valence-electron chi connectivity index (χ0n) is 28.5. The van der Waals surface area contributed by atoms with Gasteiger partial charge in [0.15, 0.2) is 0 Å². The molecule has 5 heteroatoms. The molecule has 0 amide bonds. The molecule has 0 fully saturated rings. The van der Waals surface area contributed by atoms with Crippen LogP contribution in [-0.4, -0.2) is 14.1 Å². The summed E-state index contributed by atoms with van der Waals surface area (Å²) < 4.78 is 17.5. The second kappa shape index (κ2) is 10.7. The van der Waals surface area contributed by atoms with Crippen LogP contribution in [0.5, 0.6) is 11.6 Å². The number of hydrogen-bond donors (Lipinski definition) is 0. The Kier molecular flexibility index (Phi) is 5.77. The van der Waals surface area contributed by atoms with Gasteiger partial charge in [-0.3, -0.25) is 0 Å². The van der Waals surface area contributed by atoms with Gasteiger partial charge in [-0.1, -0.05) is 78.9 Å². The van der Waals surface area contributed by atoms with Gasteiger partial charge in [-0.05, 0) is 84.4 Å². The first-order chi connectivity index (χ1) is 26.2. The van der Waals surface area contributed by atoms with E-state index >= 15 is 0 Å². The van der Waals surface area contributed by atoms with Crippen LogP contribution in [0.15, 0.2) is 168 Å². The Balaban J connectivity index is 0.938. The molecular formula is C48H29N3O2. The van der Waals surface area contributed by atoms with Gasteiger partial charge < -0.3 is 18.3 Å². The highest BCUT2D eigenvalue weighted by atomic mass is 16.5. The third-order valence-corrected chi connectivity index (χ3v) is 11.0. The zero-order chi connectivity index (χ0) is 34.6. The fourth-order valence-corrected chi connectivity index (χ4v) is 8.61. The quantitative estimate of drug-likeness (QED) is 0.187. The summed E-state index contributed by atoms with van der Waals surface area (Å²) in [5.41, 5.74) is 13.1. The van der Waals surface area contributed by atoms with Crippen molar-refractivity contribution in [2.75, 3.05) is 0 Å². The molecule has 0 N–H and O–H groups in total.